The second-order valence-electron chi connectivity index (χ2n) is 5.53. The number of nitrogens with zero attached hydrogens (tertiary/aromatic N) is 3. The fourth-order valence-corrected chi connectivity index (χ4v) is 4.02. The summed E-state index contributed by atoms with van der Waals surface area (Å²) >= 11 is 2.46. The Labute approximate surface area is 162 Å². The van der Waals surface area contributed by atoms with E-state index in [1.165, 1.54) is 16.0 Å². The first kappa shape index (κ1) is 17.3. The van der Waals surface area contributed by atoms with Gasteiger partial charge in [-0.2, -0.15) is 10.1 Å². The first-order chi connectivity index (χ1) is 13.2. The normalized spacial score (nSPS) is 11.5. The van der Waals surface area contributed by atoms with Gasteiger partial charge < -0.3 is 0 Å². The molecular weight excluding hydrogens is 378 g/mol. The molecule has 4 aromatic rings. The van der Waals surface area contributed by atoms with Gasteiger partial charge in [-0.15, -0.1) is 11.3 Å². The topological polar surface area (TPSA) is 64.3 Å². The number of rotatable bonds is 4. The highest BCUT2D eigenvalue weighted by Crippen LogP contribution is 2.16. The number of amides is 1. The molecule has 5 nitrogen and oxygen atoms in total. The number of thiophene rings is 1. The standard InChI is InChI=1S/C20H13N3O2S2/c24-17(16-12-7-13-26-16)19-22-23(15-10-5-2-6-11-15)20(27-19)21-18(25)14-8-3-1-4-9-14/h1-13H. The molecule has 0 fully saturated rings. The zero-order valence-electron chi connectivity index (χ0n) is 14.0. The van der Waals surface area contributed by atoms with E-state index < -0.39 is 0 Å². The Morgan fingerprint density at radius 2 is 1.59 bits per heavy atom. The van der Waals surface area contributed by atoms with Crippen LogP contribution in [0.3, 0.4) is 0 Å². The minimum absolute atomic E-state index is 0.173. The third-order valence-corrected chi connectivity index (χ3v) is 5.49. The number of benzene rings is 2. The average molecular weight is 391 g/mol. The second kappa shape index (κ2) is 7.61. The molecule has 0 unspecified atom stereocenters. The smallest absolute Gasteiger partial charge is 0.279 e. The quantitative estimate of drug-likeness (QED) is 0.495. The summed E-state index contributed by atoms with van der Waals surface area (Å²) in [5.74, 6) is -0.549. The molecule has 0 N–H and O–H groups in total. The summed E-state index contributed by atoms with van der Waals surface area (Å²) in [5.41, 5.74) is 1.22. The van der Waals surface area contributed by atoms with E-state index in [0.717, 1.165) is 17.0 Å². The van der Waals surface area contributed by atoms with Crippen molar-refractivity contribution in [3.05, 3.63) is 98.4 Å². The summed E-state index contributed by atoms with van der Waals surface area (Å²) in [5, 5.41) is 6.57. The molecule has 2 aromatic carbocycles. The highest BCUT2D eigenvalue weighted by atomic mass is 32.1. The Kier molecular flexibility index (Phi) is 4.86. The van der Waals surface area contributed by atoms with Gasteiger partial charge in [0, 0.05) is 5.56 Å². The number of hydrogen-bond acceptors (Lipinski definition) is 5. The molecule has 2 heterocycles. The molecule has 7 heteroatoms. The van der Waals surface area contributed by atoms with Crippen molar-refractivity contribution in [2.24, 2.45) is 4.99 Å². The molecular formula is C20H13N3O2S2. The van der Waals surface area contributed by atoms with Gasteiger partial charge in [-0.1, -0.05) is 53.8 Å². The fraction of sp³-hybridized carbons (Fsp3) is 0. The van der Waals surface area contributed by atoms with Gasteiger partial charge in [-0.05, 0) is 35.7 Å². The Morgan fingerprint density at radius 1 is 0.889 bits per heavy atom. The second-order valence-corrected chi connectivity index (χ2v) is 7.43. The van der Waals surface area contributed by atoms with E-state index in [1.807, 2.05) is 47.8 Å². The maximum atomic E-state index is 12.7. The van der Waals surface area contributed by atoms with Crippen molar-refractivity contribution in [2.45, 2.75) is 0 Å². The molecule has 132 valence electrons. The largest absolute Gasteiger partial charge is 0.285 e. The zero-order chi connectivity index (χ0) is 18.6. The Balaban J connectivity index is 1.83. The molecule has 4 rings (SSSR count). The van der Waals surface area contributed by atoms with E-state index in [-0.39, 0.29) is 11.7 Å². The van der Waals surface area contributed by atoms with Crippen molar-refractivity contribution in [3.8, 4) is 5.69 Å². The summed E-state index contributed by atoms with van der Waals surface area (Å²) in [7, 11) is 0. The van der Waals surface area contributed by atoms with E-state index in [2.05, 4.69) is 10.1 Å². The van der Waals surface area contributed by atoms with Gasteiger partial charge in [0.1, 0.15) is 0 Å². The number of hydrogen-bond donors (Lipinski definition) is 0. The van der Waals surface area contributed by atoms with Crippen LogP contribution in [0.4, 0.5) is 0 Å². The molecule has 0 saturated carbocycles. The Hall–Kier alpha value is -3.16. The van der Waals surface area contributed by atoms with Gasteiger partial charge in [0.2, 0.25) is 10.6 Å². The van der Waals surface area contributed by atoms with Crippen LogP contribution in [0.2, 0.25) is 0 Å². The van der Waals surface area contributed by atoms with Crippen LogP contribution in [-0.2, 0) is 0 Å². The maximum Gasteiger partial charge on any atom is 0.279 e. The lowest BCUT2D eigenvalue weighted by atomic mass is 10.2. The van der Waals surface area contributed by atoms with E-state index in [1.54, 1.807) is 30.3 Å². The number of carbonyl (C=O) groups excluding carboxylic acids is 2. The summed E-state index contributed by atoms with van der Waals surface area (Å²) in [6, 6.07) is 21.7. The fourth-order valence-electron chi connectivity index (χ4n) is 2.43. The number of aromatic nitrogens is 2. The molecule has 0 radical (unpaired) electrons. The van der Waals surface area contributed by atoms with Crippen LogP contribution < -0.4 is 4.80 Å². The van der Waals surface area contributed by atoms with E-state index >= 15 is 0 Å². The minimum atomic E-state index is -0.376. The number of carbonyl (C=O) groups is 2. The zero-order valence-corrected chi connectivity index (χ0v) is 15.6. The monoisotopic (exact) mass is 391 g/mol. The molecule has 0 spiro atoms. The first-order valence-corrected chi connectivity index (χ1v) is 9.80. The Bertz CT molecular complexity index is 1140. The van der Waals surface area contributed by atoms with Gasteiger partial charge >= 0.3 is 0 Å². The van der Waals surface area contributed by atoms with E-state index in [0.29, 0.717) is 20.2 Å². The van der Waals surface area contributed by atoms with Crippen molar-refractivity contribution < 1.29 is 9.59 Å². The number of para-hydroxylation sites is 1. The van der Waals surface area contributed by atoms with Crippen molar-refractivity contribution >= 4 is 34.4 Å². The lowest BCUT2D eigenvalue weighted by Crippen LogP contribution is -2.16. The van der Waals surface area contributed by atoms with Crippen LogP contribution in [-0.4, -0.2) is 21.5 Å². The predicted octanol–water partition coefficient (Wildman–Crippen LogP) is 3.97. The molecule has 2 aromatic heterocycles. The van der Waals surface area contributed by atoms with Crippen LogP contribution in [0.25, 0.3) is 5.69 Å². The predicted molar refractivity (Wildman–Crippen MR) is 106 cm³/mol. The molecule has 0 bridgehead atoms. The third kappa shape index (κ3) is 3.69. The lowest BCUT2D eigenvalue weighted by Gasteiger charge is -2.00. The van der Waals surface area contributed by atoms with Crippen LogP contribution in [0, 0.1) is 0 Å². The molecule has 0 aliphatic carbocycles. The van der Waals surface area contributed by atoms with Crippen LogP contribution in [0.1, 0.15) is 25.0 Å². The van der Waals surface area contributed by atoms with E-state index in [9.17, 15) is 9.59 Å². The molecule has 1 amide bonds. The maximum absolute atomic E-state index is 12.7. The van der Waals surface area contributed by atoms with Crippen molar-refractivity contribution in [1.29, 1.82) is 0 Å². The summed E-state index contributed by atoms with van der Waals surface area (Å²) in [6.07, 6.45) is 0. The summed E-state index contributed by atoms with van der Waals surface area (Å²) in [6.45, 7) is 0. The molecule has 0 aliphatic rings. The van der Waals surface area contributed by atoms with Gasteiger partial charge in [-0.25, -0.2) is 4.68 Å². The molecule has 27 heavy (non-hydrogen) atoms. The molecule has 0 saturated heterocycles. The first-order valence-electron chi connectivity index (χ1n) is 8.10. The van der Waals surface area contributed by atoms with Gasteiger partial charge in [-0.3, -0.25) is 9.59 Å². The van der Waals surface area contributed by atoms with Crippen molar-refractivity contribution in [1.82, 2.24) is 9.78 Å². The highest BCUT2D eigenvalue weighted by molar-refractivity contribution is 7.15. The average Bonchev–Trinajstić information content (AvgIpc) is 3.39. The van der Waals surface area contributed by atoms with Crippen LogP contribution in [0.5, 0.6) is 0 Å². The summed E-state index contributed by atoms with van der Waals surface area (Å²) < 4.78 is 1.53. The van der Waals surface area contributed by atoms with Crippen LogP contribution in [0.15, 0.2) is 83.2 Å². The van der Waals surface area contributed by atoms with Gasteiger partial charge in [0.25, 0.3) is 5.91 Å². The van der Waals surface area contributed by atoms with Crippen molar-refractivity contribution in [3.63, 3.8) is 0 Å². The van der Waals surface area contributed by atoms with Gasteiger partial charge in [0.05, 0.1) is 10.6 Å². The minimum Gasteiger partial charge on any atom is -0.285 e. The Morgan fingerprint density at radius 3 is 2.26 bits per heavy atom. The van der Waals surface area contributed by atoms with Crippen molar-refractivity contribution in [2.75, 3.05) is 0 Å². The summed E-state index contributed by atoms with van der Waals surface area (Å²) in [4.78, 5) is 30.4. The highest BCUT2D eigenvalue weighted by Gasteiger charge is 2.18. The third-order valence-electron chi connectivity index (χ3n) is 3.72. The van der Waals surface area contributed by atoms with E-state index in [4.69, 9.17) is 0 Å². The van der Waals surface area contributed by atoms with Gasteiger partial charge in [0.15, 0.2) is 5.01 Å². The number of ketones is 1. The van der Waals surface area contributed by atoms with Crippen LogP contribution >= 0.6 is 22.7 Å². The lowest BCUT2D eigenvalue weighted by molar-refractivity contribution is 0.0996. The molecule has 0 aliphatic heterocycles. The SMILES string of the molecule is O=C(N=c1sc(C(=O)c2cccs2)nn1-c1ccccc1)c1ccccc1. The molecule has 0 atom stereocenters.